The van der Waals surface area contributed by atoms with E-state index in [1.54, 1.807) is 0 Å². The Morgan fingerprint density at radius 1 is 0.920 bits per heavy atom. The molecule has 25 heavy (non-hydrogen) atoms. The number of fused-ring (bicyclic) bond motifs is 1. The van der Waals surface area contributed by atoms with Crippen molar-refractivity contribution in [2.24, 2.45) is 0 Å². The second kappa shape index (κ2) is 6.38. The van der Waals surface area contributed by atoms with Crippen molar-refractivity contribution in [3.8, 4) is 11.3 Å². The Labute approximate surface area is 152 Å². The van der Waals surface area contributed by atoms with E-state index in [0.717, 1.165) is 22.8 Å². The Hall–Kier alpha value is -2.58. The molecular weight excluding hydrogens is 328 g/mol. The van der Waals surface area contributed by atoms with Crippen LogP contribution in [-0.4, -0.2) is 9.55 Å². The summed E-state index contributed by atoms with van der Waals surface area (Å²) < 4.78 is 2.36. The first kappa shape index (κ1) is 15.9. The fraction of sp³-hybridized carbons (Fsp3) is 0.136. The van der Waals surface area contributed by atoms with Gasteiger partial charge < -0.3 is 4.57 Å². The number of pyridine rings is 1. The molecule has 2 heterocycles. The first-order chi connectivity index (χ1) is 12.1. The van der Waals surface area contributed by atoms with Crippen LogP contribution in [0.5, 0.6) is 0 Å². The van der Waals surface area contributed by atoms with E-state index in [2.05, 4.69) is 60.9 Å². The molecule has 2 aromatic heterocycles. The van der Waals surface area contributed by atoms with E-state index in [1.165, 1.54) is 27.7 Å². The van der Waals surface area contributed by atoms with E-state index in [4.69, 9.17) is 16.6 Å². The number of hydrogen-bond acceptors (Lipinski definition) is 1. The minimum absolute atomic E-state index is 0.764. The van der Waals surface area contributed by atoms with Crippen LogP contribution in [0.25, 0.3) is 22.2 Å². The molecule has 0 saturated carbocycles. The van der Waals surface area contributed by atoms with Crippen LogP contribution in [0.15, 0.2) is 66.9 Å². The van der Waals surface area contributed by atoms with E-state index < -0.39 is 0 Å². The number of halogens is 1. The molecule has 0 bridgehead atoms. The second-order valence-electron chi connectivity index (χ2n) is 6.34. The lowest BCUT2D eigenvalue weighted by atomic mass is 10.1. The maximum absolute atomic E-state index is 6.03. The smallest absolute Gasteiger partial charge is 0.0945 e. The van der Waals surface area contributed by atoms with E-state index in [-0.39, 0.29) is 0 Å². The predicted octanol–water partition coefficient (Wildman–Crippen LogP) is 6.02. The zero-order valence-corrected chi connectivity index (χ0v) is 15.1. The second-order valence-corrected chi connectivity index (χ2v) is 6.78. The Balaban J connectivity index is 1.94. The summed E-state index contributed by atoms with van der Waals surface area (Å²) in [4.78, 5) is 4.71. The van der Waals surface area contributed by atoms with Crippen LogP contribution >= 0.6 is 11.6 Å². The van der Waals surface area contributed by atoms with Crippen LogP contribution in [0, 0.1) is 13.8 Å². The lowest BCUT2D eigenvalue weighted by Crippen LogP contribution is -2.03. The summed E-state index contributed by atoms with van der Waals surface area (Å²) >= 11 is 6.03. The molecule has 0 unspecified atom stereocenters. The Bertz CT molecular complexity index is 1030. The van der Waals surface area contributed by atoms with Crippen LogP contribution in [0.2, 0.25) is 5.02 Å². The van der Waals surface area contributed by atoms with Gasteiger partial charge in [0.25, 0.3) is 0 Å². The van der Waals surface area contributed by atoms with Crippen LogP contribution < -0.4 is 0 Å². The van der Waals surface area contributed by atoms with Crippen molar-refractivity contribution in [3.63, 3.8) is 0 Å². The molecule has 0 N–H and O–H groups in total. The van der Waals surface area contributed by atoms with Gasteiger partial charge in [-0.05, 0) is 43.2 Å². The molecule has 0 atom stereocenters. The Morgan fingerprint density at radius 3 is 2.36 bits per heavy atom. The van der Waals surface area contributed by atoms with Crippen molar-refractivity contribution in [2.75, 3.05) is 0 Å². The molecule has 3 heteroatoms. The summed E-state index contributed by atoms with van der Waals surface area (Å²) in [5.74, 6) is 0. The quantitative estimate of drug-likeness (QED) is 0.443. The zero-order valence-electron chi connectivity index (χ0n) is 14.3. The molecule has 0 fully saturated rings. The van der Waals surface area contributed by atoms with Gasteiger partial charge in [-0.1, -0.05) is 54.1 Å². The number of rotatable bonds is 3. The zero-order chi connectivity index (χ0) is 17.4. The summed E-state index contributed by atoms with van der Waals surface area (Å²) in [6.45, 7) is 5.17. The topological polar surface area (TPSA) is 17.8 Å². The molecule has 4 rings (SSSR count). The molecule has 0 radical (unpaired) electrons. The highest BCUT2D eigenvalue weighted by molar-refractivity contribution is 6.30. The maximum Gasteiger partial charge on any atom is 0.0945 e. The highest BCUT2D eigenvalue weighted by atomic mass is 35.5. The largest absolute Gasteiger partial charge is 0.338 e. The van der Waals surface area contributed by atoms with Crippen LogP contribution in [0.3, 0.4) is 0 Å². The van der Waals surface area contributed by atoms with Crippen LogP contribution in [-0.2, 0) is 6.54 Å². The third-order valence-corrected chi connectivity index (χ3v) is 5.10. The standard InChI is InChI=1S/C22H19ClN2/c1-15-16(2)25(14-17-8-10-19(23)11-9-17)22-20(15)12-13-24-21(22)18-6-4-3-5-7-18/h3-13H,14H2,1-2H3. The van der Waals surface area contributed by atoms with Gasteiger partial charge in [0.2, 0.25) is 0 Å². The molecule has 0 amide bonds. The molecule has 0 spiro atoms. The summed E-state index contributed by atoms with van der Waals surface area (Å²) in [5.41, 5.74) is 7.18. The summed E-state index contributed by atoms with van der Waals surface area (Å²) in [5, 5.41) is 2.03. The monoisotopic (exact) mass is 346 g/mol. The summed E-state index contributed by atoms with van der Waals surface area (Å²) in [7, 11) is 0. The van der Waals surface area contributed by atoms with E-state index in [0.29, 0.717) is 0 Å². The average Bonchev–Trinajstić information content (AvgIpc) is 2.89. The van der Waals surface area contributed by atoms with Gasteiger partial charge in [0.05, 0.1) is 11.2 Å². The van der Waals surface area contributed by atoms with Gasteiger partial charge in [0.15, 0.2) is 0 Å². The van der Waals surface area contributed by atoms with E-state index >= 15 is 0 Å². The minimum atomic E-state index is 0.764. The molecule has 2 nitrogen and oxygen atoms in total. The van der Waals surface area contributed by atoms with E-state index in [9.17, 15) is 0 Å². The first-order valence-electron chi connectivity index (χ1n) is 8.39. The number of aryl methyl sites for hydroxylation is 1. The molecular formula is C22H19ClN2. The third kappa shape index (κ3) is 2.83. The lowest BCUT2D eigenvalue weighted by molar-refractivity contribution is 0.800. The number of nitrogens with zero attached hydrogens (tertiary/aromatic N) is 2. The molecule has 0 aliphatic carbocycles. The van der Waals surface area contributed by atoms with Crippen molar-refractivity contribution in [2.45, 2.75) is 20.4 Å². The van der Waals surface area contributed by atoms with Gasteiger partial charge in [-0.3, -0.25) is 4.98 Å². The van der Waals surface area contributed by atoms with Gasteiger partial charge in [0, 0.05) is 34.4 Å². The molecule has 0 aliphatic rings. The number of aromatic nitrogens is 2. The molecule has 4 aromatic rings. The highest BCUT2D eigenvalue weighted by Gasteiger charge is 2.16. The SMILES string of the molecule is Cc1c(C)n(Cc2ccc(Cl)cc2)c2c(-c3ccccc3)nccc12. The third-order valence-electron chi connectivity index (χ3n) is 4.85. The van der Waals surface area contributed by atoms with Gasteiger partial charge in [-0.25, -0.2) is 0 Å². The van der Waals surface area contributed by atoms with Gasteiger partial charge in [-0.2, -0.15) is 0 Å². The van der Waals surface area contributed by atoms with Crippen LogP contribution in [0.4, 0.5) is 0 Å². The molecule has 2 aromatic carbocycles. The van der Waals surface area contributed by atoms with Crippen LogP contribution in [0.1, 0.15) is 16.8 Å². The first-order valence-corrected chi connectivity index (χ1v) is 8.77. The molecule has 0 aliphatic heterocycles. The fourth-order valence-corrected chi connectivity index (χ4v) is 3.50. The lowest BCUT2D eigenvalue weighted by Gasteiger charge is -2.12. The highest BCUT2D eigenvalue weighted by Crippen LogP contribution is 2.32. The average molecular weight is 347 g/mol. The predicted molar refractivity (Wildman–Crippen MR) is 105 cm³/mol. The Morgan fingerprint density at radius 2 is 1.64 bits per heavy atom. The van der Waals surface area contributed by atoms with E-state index in [1.807, 2.05) is 24.4 Å². The minimum Gasteiger partial charge on any atom is -0.338 e. The van der Waals surface area contributed by atoms with Crippen molar-refractivity contribution in [1.82, 2.24) is 9.55 Å². The molecule has 0 saturated heterocycles. The maximum atomic E-state index is 6.03. The summed E-state index contributed by atoms with van der Waals surface area (Å²) in [6.07, 6.45) is 1.91. The van der Waals surface area contributed by atoms with Gasteiger partial charge in [-0.15, -0.1) is 0 Å². The fourth-order valence-electron chi connectivity index (χ4n) is 3.37. The van der Waals surface area contributed by atoms with Crippen molar-refractivity contribution >= 4 is 22.5 Å². The van der Waals surface area contributed by atoms with Crippen molar-refractivity contribution in [1.29, 1.82) is 0 Å². The number of hydrogen-bond donors (Lipinski definition) is 0. The van der Waals surface area contributed by atoms with Gasteiger partial charge in [0.1, 0.15) is 0 Å². The van der Waals surface area contributed by atoms with Crippen molar-refractivity contribution in [3.05, 3.63) is 88.7 Å². The molecule has 124 valence electrons. The van der Waals surface area contributed by atoms with Gasteiger partial charge >= 0.3 is 0 Å². The number of benzene rings is 2. The van der Waals surface area contributed by atoms with Crippen molar-refractivity contribution < 1.29 is 0 Å². The normalized spacial score (nSPS) is 11.2. The Kier molecular flexibility index (Phi) is 4.06. The summed E-state index contributed by atoms with van der Waals surface area (Å²) in [6, 6.07) is 20.6.